The summed E-state index contributed by atoms with van der Waals surface area (Å²) >= 11 is 0. The van der Waals surface area contributed by atoms with E-state index in [1.165, 1.54) is 27.9 Å². The first-order valence-corrected chi connectivity index (χ1v) is 8.16. The largest absolute Gasteiger partial charge is 0.459 e. The molecule has 0 radical (unpaired) electrons. The van der Waals surface area contributed by atoms with Gasteiger partial charge in [-0.05, 0) is 26.8 Å². The Bertz CT molecular complexity index is 569. The average Bonchev–Trinajstić information content (AvgIpc) is 2.55. The van der Waals surface area contributed by atoms with Crippen molar-refractivity contribution < 1.29 is 43.2 Å². The van der Waals surface area contributed by atoms with Gasteiger partial charge in [0.15, 0.2) is 18.0 Å². The van der Waals surface area contributed by atoms with Crippen LogP contribution >= 0.6 is 0 Å². The van der Waals surface area contributed by atoms with Crippen molar-refractivity contribution in [3.05, 3.63) is 12.2 Å². The summed E-state index contributed by atoms with van der Waals surface area (Å²) in [4.78, 5) is 47.7. The van der Waals surface area contributed by atoms with E-state index < -0.39 is 54.2 Å². The second-order valence-corrected chi connectivity index (χ2v) is 5.97. The predicted molar refractivity (Wildman–Crippen MR) is 86.8 cm³/mol. The Hall–Kier alpha value is -2.26. The molecule has 1 aliphatic rings. The molecular formula is C17H24O9. The molecule has 0 aromatic carbocycles. The van der Waals surface area contributed by atoms with Gasteiger partial charge in [-0.25, -0.2) is 9.59 Å². The van der Waals surface area contributed by atoms with Gasteiger partial charge < -0.3 is 24.1 Å². The maximum atomic E-state index is 12.1. The van der Waals surface area contributed by atoms with Gasteiger partial charge in [0.05, 0.1) is 6.42 Å². The molecule has 1 rings (SSSR count). The predicted octanol–water partition coefficient (Wildman–Crippen LogP) is 0.0765. The van der Waals surface area contributed by atoms with Crippen LogP contribution in [0.5, 0.6) is 0 Å². The Morgan fingerprint density at radius 2 is 1.69 bits per heavy atom. The highest BCUT2D eigenvalue weighted by molar-refractivity contribution is 5.90. The standard InChI is InChI=1S/C17H24O9/c1-9-7-16(21)25-11(3)13(19)8-14(23-4)17(22)26-10(2)12(18)5-6-15(20)24-9/h5-6,9-12,14,18H,7-8H2,1-4H3/t9-,10-,11-,12+,14-/m0/s1. The fourth-order valence-electron chi connectivity index (χ4n) is 2.10. The van der Waals surface area contributed by atoms with Crippen LogP contribution in [0.1, 0.15) is 33.6 Å². The molecule has 9 heteroatoms. The highest BCUT2D eigenvalue weighted by Gasteiger charge is 2.30. The van der Waals surface area contributed by atoms with Crippen LogP contribution in [-0.4, -0.2) is 66.4 Å². The molecule has 0 bridgehead atoms. The van der Waals surface area contributed by atoms with E-state index in [0.717, 1.165) is 12.2 Å². The molecule has 1 N–H and O–H groups in total. The number of hydrogen-bond donors (Lipinski definition) is 1. The van der Waals surface area contributed by atoms with Gasteiger partial charge in [-0.1, -0.05) is 0 Å². The first-order valence-electron chi connectivity index (χ1n) is 8.16. The molecule has 5 atom stereocenters. The lowest BCUT2D eigenvalue weighted by Gasteiger charge is -2.22. The Morgan fingerprint density at radius 1 is 1.04 bits per heavy atom. The third-order valence-electron chi connectivity index (χ3n) is 3.68. The fourth-order valence-corrected chi connectivity index (χ4v) is 2.10. The fraction of sp³-hybridized carbons (Fsp3) is 0.647. The summed E-state index contributed by atoms with van der Waals surface area (Å²) < 4.78 is 20.0. The third kappa shape index (κ3) is 6.93. The second-order valence-electron chi connectivity index (χ2n) is 5.97. The van der Waals surface area contributed by atoms with E-state index in [4.69, 9.17) is 18.9 Å². The number of Topliss-reactive ketones (excluding diaryl/α,β-unsaturated/α-hetero) is 1. The van der Waals surface area contributed by atoms with Crippen molar-refractivity contribution in [2.75, 3.05) is 7.11 Å². The van der Waals surface area contributed by atoms with E-state index in [-0.39, 0.29) is 12.8 Å². The van der Waals surface area contributed by atoms with Gasteiger partial charge in [0.2, 0.25) is 0 Å². The van der Waals surface area contributed by atoms with Gasteiger partial charge >= 0.3 is 17.9 Å². The van der Waals surface area contributed by atoms with Crippen molar-refractivity contribution in [2.24, 2.45) is 0 Å². The molecule has 26 heavy (non-hydrogen) atoms. The lowest BCUT2D eigenvalue weighted by Crippen LogP contribution is -2.37. The van der Waals surface area contributed by atoms with Gasteiger partial charge in [-0.3, -0.25) is 9.59 Å². The molecule has 0 saturated heterocycles. The molecule has 0 aliphatic carbocycles. The zero-order chi connectivity index (χ0) is 19.9. The zero-order valence-electron chi connectivity index (χ0n) is 15.2. The summed E-state index contributed by atoms with van der Waals surface area (Å²) in [5.74, 6) is -2.91. The topological polar surface area (TPSA) is 125 Å². The first kappa shape index (κ1) is 21.8. The third-order valence-corrected chi connectivity index (χ3v) is 3.68. The number of methoxy groups -OCH3 is 1. The number of esters is 3. The minimum Gasteiger partial charge on any atom is -0.459 e. The number of rotatable bonds is 1. The molecular weight excluding hydrogens is 348 g/mol. The number of hydrogen-bond acceptors (Lipinski definition) is 9. The van der Waals surface area contributed by atoms with E-state index >= 15 is 0 Å². The van der Waals surface area contributed by atoms with E-state index in [0.29, 0.717) is 0 Å². The number of ether oxygens (including phenoxy) is 4. The normalized spacial score (nSPS) is 32.6. The van der Waals surface area contributed by atoms with Gasteiger partial charge in [-0.15, -0.1) is 0 Å². The molecule has 0 unspecified atom stereocenters. The summed E-state index contributed by atoms with van der Waals surface area (Å²) in [6.07, 6.45) is -3.88. The Labute approximate surface area is 151 Å². The number of cyclic esters (lactones) is 3. The van der Waals surface area contributed by atoms with Crippen molar-refractivity contribution in [2.45, 2.75) is 64.1 Å². The quantitative estimate of drug-likeness (QED) is 0.503. The average molecular weight is 372 g/mol. The summed E-state index contributed by atoms with van der Waals surface area (Å²) in [5, 5.41) is 9.93. The Balaban J connectivity index is 3.00. The van der Waals surface area contributed by atoms with Gasteiger partial charge in [0, 0.05) is 19.6 Å². The molecule has 0 aromatic heterocycles. The van der Waals surface area contributed by atoms with Gasteiger partial charge in [0.25, 0.3) is 0 Å². The Morgan fingerprint density at radius 3 is 2.31 bits per heavy atom. The smallest absolute Gasteiger partial charge is 0.336 e. The molecule has 1 aliphatic heterocycles. The molecule has 146 valence electrons. The molecule has 0 spiro atoms. The van der Waals surface area contributed by atoms with Crippen molar-refractivity contribution in [1.29, 1.82) is 0 Å². The molecule has 0 amide bonds. The van der Waals surface area contributed by atoms with Crippen LogP contribution in [0.15, 0.2) is 12.2 Å². The molecule has 0 aromatic rings. The molecule has 9 nitrogen and oxygen atoms in total. The SMILES string of the molecule is CO[C@H]1CC(=O)[C@H](C)OC(=O)C[C@H](C)OC(=O)C=C[C@@H](O)[C@H](C)OC1=O. The maximum Gasteiger partial charge on any atom is 0.336 e. The van der Waals surface area contributed by atoms with Crippen LogP contribution in [0.2, 0.25) is 0 Å². The van der Waals surface area contributed by atoms with E-state index in [9.17, 15) is 24.3 Å². The second kappa shape index (κ2) is 10.0. The van der Waals surface area contributed by atoms with Crippen molar-refractivity contribution in [1.82, 2.24) is 0 Å². The highest BCUT2D eigenvalue weighted by Crippen LogP contribution is 2.11. The maximum absolute atomic E-state index is 12.1. The van der Waals surface area contributed by atoms with Crippen molar-refractivity contribution in [3.63, 3.8) is 0 Å². The summed E-state index contributed by atoms with van der Waals surface area (Å²) in [6, 6.07) is 0. The van der Waals surface area contributed by atoms with Crippen LogP contribution in [0.25, 0.3) is 0 Å². The molecule has 0 fully saturated rings. The summed E-state index contributed by atoms with van der Waals surface area (Å²) in [6.45, 7) is 4.28. The van der Waals surface area contributed by atoms with E-state index in [1.54, 1.807) is 0 Å². The van der Waals surface area contributed by atoms with Crippen LogP contribution in [-0.2, 0) is 38.1 Å². The number of carbonyl (C=O) groups is 4. The van der Waals surface area contributed by atoms with Crippen LogP contribution in [0.3, 0.4) is 0 Å². The highest BCUT2D eigenvalue weighted by atomic mass is 16.6. The first-order chi connectivity index (χ1) is 12.1. The monoisotopic (exact) mass is 372 g/mol. The van der Waals surface area contributed by atoms with Crippen LogP contribution in [0.4, 0.5) is 0 Å². The summed E-state index contributed by atoms with van der Waals surface area (Å²) in [5.41, 5.74) is 0. The number of aliphatic hydroxyl groups is 1. The van der Waals surface area contributed by atoms with E-state index in [2.05, 4.69) is 0 Å². The molecule has 1 heterocycles. The number of carbonyl (C=O) groups excluding carboxylic acids is 4. The van der Waals surface area contributed by atoms with E-state index in [1.807, 2.05) is 0 Å². The lowest BCUT2D eigenvalue weighted by atomic mass is 10.1. The Kier molecular flexibility index (Phi) is 8.40. The van der Waals surface area contributed by atoms with Crippen LogP contribution < -0.4 is 0 Å². The number of ketones is 1. The van der Waals surface area contributed by atoms with Crippen molar-refractivity contribution >= 4 is 23.7 Å². The molecule has 0 saturated carbocycles. The minimum atomic E-state index is -1.27. The lowest BCUT2D eigenvalue weighted by molar-refractivity contribution is -0.167. The summed E-state index contributed by atoms with van der Waals surface area (Å²) in [7, 11) is 1.23. The van der Waals surface area contributed by atoms with Gasteiger partial charge in [-0.2, -0.15) is 0 Å². The zero-order valence-corrected chi connectivity index (χ0v) is 15.2. The van der Waals surface area contributed by atoms with Gasteiger partial charge in [0.1, 0.15) is 18.3 Å². The minimum absolute atomic E-state index is 0.244. The number of aliphatic hydroxyl groups excluding tert-OH is 1. The van der Waals surface area contributed by atoms with Crippen molar-refractivity contribution in [3.8, 4) is 0 Å². The van der Waals surface area contributed by atoms with Crippen LogP contribution in [0, 0.1) is 0 Å².